The minimum Gasteiger partial charge on any atom is -0.289 e. The van der Waals surface area contributed by atoms with Gasteiger partial charge in [-0.1, -0.05) is 91.0 Å². The molecule has 1 aromatic heterocycles. The minimum atomic E-state index is 0.0319. The number of aromatic nitrogens is 2. The van der Waals surface area contributed by atoms with Crippen LogP contribution in [0.3, 0.4) is 0 Å². The molecule has 5 aromatic rings. The average Bonchev–Trinajstić information content (AvgIpc) is 2.83. The predicted molar refractivity (Wildman–Crippen MR) is 123 cm³/mol. The normalized spacial score (nSPS) is 10.7. The number of hydrogen-bond donors (Lipinski definition) is 0. The first-order valence-corrected chi connectivity index (χ1v) is 9.74. The van der Waals surface area contributed by atoms with Crippen molar-refractivity contribution < 1.29 is 4.79 Å². The lowest BCUT2D eigenvalue weighted by Crippen LogP contribution is -1.92. The van der Waals surface area contributed by atoms with E-state index in [2.05, 4.69) is 9.97 Å². The van der Waals surface area contributed by atoms with E-state index >= 15 is 0 Å². The number of rotatable bonds is 3. The monoisotopic (exact) mass is 388 g/mol. The summed E-state index contributed by atoms with van der Waals surface area (Å²) in [5.41, 5.74) is 5.55. The Morgan fingerprint density at radius 3 is 1.40 bits per heavy atom. The van der Waals surface area contributed by atoms with Crippen LogP contribution < -0.4 is 0 Å². The van der Waals surface area contributed by atoms with Crippen molar-refractivity contribution in [2.75, 3.05) is 0 Å². The summed E-state index contributed by atoms with van der Waals surface area (Å²) in [6.07, 6.45) is 3.43. The summed E-state index contributed by atoms with van der Waals surface area (Å²) in [5.74, 6) is 0.0319. The molecule has 0 aliphatic carbocycles. The number of ketones is 1. The Morgan fingerprint density at radius 1 is 0.533 bits per heavy atom. The molecule has 0 atom stereocenters. The fourth-order valence-corrected chi connectivity index (χ4v) is 3.00. The maximum absolute atomic E-state index is 11.7. The molecule has 0 saturated carbocycles. The fourth-order valence-electron chi connectivity index (χ4n) is 3.00. The van der Waals surface area contributed by atoms with E-state index in [1.165, 1.54) is 0 Å². The average molecular weight is 388 g/mol. The molecular weight excluding hydrogens is 368 g/mol. The van der Waals surface area contributed by atoms with Crippen LogP contribution in [-0.4, -0.2) is 15.8 Å². The largest absolute Gasteiger partial charge is 0.289 e. The summed E-state index contributed by atoms with van der Waals surface area (Å²) >= 11 is 0. The van der Waals surface area contributed by atoms with Gasteiger partial charge >= 0.3 is 0 Å². The second-order valence-electron chi connectivity index (χ2n) is 6.68. The van der Waals surface area contributed by atoms with Gasteiger partial charge in [-0.05, 0) is 35.9 Å². The van der Waals surface area contributed by atoms with Crippen LogP contribution in [0.1, 0.15) is 15.9 Å². The zero-order valence-corrected chi connectivity index (χ0v) is 16.3. The number of fused-ring (bicyclic) bond motifs is 2. The van der Waals surface area contributed by atoms with Crippen LogP contribution in [0.4, 0.5) is 0 Å². The molecule has 1 heterocycles. The number of benzene rings is 4. The maximum Gasteiger partial charge on any atom is 0.185 e. The van der Waals surface area contributed by atoms with Gasteiger partial charge in [-0.2, -0.15) is 0 Å². The predicted octanol–water partition coefficient (Wildman–Crippen LogP) is 6.37. The third kappa shape index (κ3) is 4.83. The van der Waals surface area contributed by atoms with Crippen molar-refractivity contribution in [2.45, 2.75) is 0 Å². The van der Waals surface area contributed by atoms with E-state index in [-0.39, 0.29) is 5.78 Å². The molecule has 3 heteroatoms. The Bertz CT molecular complexity index is 1190. The second-order valence-corrected chi connectivity index (χ2v) is 6.68. The van der Waals surface area contributed by atoms with Gasteiger partial charge in [-0.25, -0.2) is 9.97 Å². The van der Waals surface area contributed by atoms with Crippen LogP contribution in [0.2, 0.25) is 0 Å². The van der Waals surface area contributed by atoms with Gasteiger partial charge in [0, 0.05) is 5.56 Å². The minimum absolute atomic E-state index is 0.0319. The van der Waals surface area contributed by atoms with E-state index in [4.69, 9.17) is 0 Å². The summed E-state index contributed by atoms with van der Waals surface area (Å²) in [5, 5.41) is 0. The highest BCUT2D eigenvalue weighted by atomic mass is 16.1. The van der Waals surface area contributed by atoms with Crippen molar-refractivity contribution in [3.8, 4) is 0 Å². The lowest BCUT2D eigenvalue weighted by atomic mass is 10.1. The van der Waals surface area contributed by atoms with Gasteiger partial charge in [-0.15, -0.1) is 0 Å². The first-order valence-electron chi connectivity index (χ1n) is 9.74. The molecule has 0 aliphatic heterocycles. The summed E-state index contributed by atoms with van der Waals surface area (Å²) in [6, 6.07) is 34.9. The van der Waals surface area contributed by atoms with Crippen molar-refractivity contribution >= 4 is 33.9 Å². The van der Waals surface area contributed by atoms with Gasteiger partial charge in [0.15, 0.2) is 5.78 Å². The highest BCUT2D eigenvalue weighted by molar-refractivity contribution is 6.06. The Kier molecular flexibility index (Phi) is 6.02. The second kappa shape index (κ2) is 9.39. The summed E-state index contributed by atoms with van der Waals surface area (Å²) in [4.78, 5) is 20.8. The highest BCUT2D eigenvalue weighted by Gasteiger charge is 1.99. The molecule has 0 saturated heterocycles. The van der Waals surface area contributed by atoms with Gasteiger partial charge in [0.1, 0.15) is 0 Å². The Morgan fingerprint density at radius 2 is 0.933 bits per heavy atom. The fraction of sp³-hybridized carbons (Fsp3) is 0. The van der Waals surface area contributed by atoms with Gasteiger partial charge in [0.2, 0.25) is 0 Å². The van der Waals surface area contributed by atoms with E-state index < -0.39 is 0 Å². The molecule has 0 bridgehead atoms. The molecule has 144 valence electrons. The summed E-state index contributed by atoms with van der Waals surface area (Å²) in [7, 11) is 0. The molecule has 0 radical (unpaired) electrons. The molecule has 0 spiro atoms. The van der Waals surface area contributed by atoms with E-state index in [1.54, 1.807) is 6.08 Å². The molecule has 5 rings (SSSR count). The number of allylic oxidation sites excluding steroid dienone is 1. The summed E-state index contributed by atoms with van der Waals surface area (Å²) in [6.45, 7) is 0. The Balaban J connectivity index is 0.000000146. The van der Waals surface area contributed by atoms with Crippen LogP contribution in [0.15, 0.2) is 115 Å². The van der Waals surface area contributed by atoms with Crippen LogP contribution in [0.25, 0.3) is 28.1 Å². The molecular formula is C27H20N2O. The lowest BCUT2D eigenvalue weighted by Gasteiger charge is -1.98. The van der Waals surface area contributed by atoms with Gasteiger partial charge < -0.3 is 0 Å². The van der Waals surface area contributed by atoms with Gasteiger partial charge in [0.25, 0.3) is 0 Å². The molecule has 0 N–H and O–H groups in total. The molecule has 4 aromatic carbocycles. The molecule has 0 amide bonds. The smallest absolute Gasteiger partial charge is 0.185 e. The third-order valence-corrected chi connectivity index (χ3v) is 4.53. The maximum atomic E-state index is 11.7. The number of nitrogens with zero attached hydrogens (tertiary/aromatic N) is 2. The van der Waals surface area contributed by atoms with Crippen LogP contribution in [-0.2, 0) is 0 Å². The van der Waals surface area contributed by atoms with Crippen LogP contribution >= 0.6 is 0 Å². The van der Waals surface area contributed by atoms with Gasteiger partial charge in [-0.3, -0.25) is 4.79 Å². The van der Waals surface area contributed by atoms with Crippen molar-refractivity contribution in [1.82, 2.24) is 9.97 Å². The zero-order chi connectivity index (χ0) is 20.6. The number of carbonyl (C=O) groups is 1. The Labute approximate surface area is 175 Å². The van der Waals surface area contributed by atoms with Gasteiger partial charge in [0.05, 0.1) is 22.1 Å². The number of hydrogen-bond acceptors (Lipinski definition) is 3. The lowest BCUT2D eigenvalue weighted by molar-refractivity contribution is 0.104. The van der Waals surface area contributed by atoms with Crippen molar-refractivity contribution in [2.24, 2.45) is 0 Å². The van der Waals surface area contributed by atoms with E-state index in [1.807, 2.05) is 115 Å². The number of para-hydroxylation sites is 4. The van der Waals surface area contributed by atoms with E-state index in [0.29, 0.717) is 0 Å². The zero-order valence-electron chi connectivity index (χ0n) is 16.3. The van der Waals surface area contributed by atoms with E-state index in [9.17, 15) is 4.79 Å². The molecule has 0 fully saturated rings. The van der Waals surface area contributed by atoms with Crippen molar-refractivity contribution in [3.05, 3.63) is 126 Å². The molecule has 0 aliphatic rings. The van der Waals surface area contributed by atoms with Crippen LogP contribution in [0, 0.1) is 0 Å². The number of carbonyl (C=O) groups excluding carboxylic acids is 1. The molecule has 0 unspecified atom stereocenters. The van der Waals surface area contributed by atoms with Crippen molar-refractivity contribution in [3.63, 3.8) is 0 Å². The Hall–Kier alpha value is -4.11. The standard InChI is InChI=1S/C15H12O.C12H8N2/c16-15(14-9-5-2-6-10-14)12-11-13-7-3-1-4-8-13;1-2-6-10-9(5-1)13-11-7-3-4-8-12(11)14-10/h1-12H;1-8H. The topological polar surface area (TPSA) is 42.9 Å². The molecule has 3 nitrogen and oxygen atoms in total. The van der Waals surface area contributed by atoms with Crippen LogP contribution in [0.5, 0.6) is 0 Å². The first kappa shape index (κ1) is 19.2. The quantitative estimate of drug-likeness (QED) is 0.205. The molecule has 30 heavy (non-hydrogen) atoms. The summed E-state index contributed by atoms with van der Waals surface area (Å²) < 4.78 is 0. The van der Waals surface area contributed by atoms with E-state index in [0.717, 1.165) is 33.2 Å². The van der Waals surface area contributed by atoms with Crippen molar-refractivity contribution in [1.29, 1.82) is 0 Å². The third-order valence-electron chi connectivity index (χ3n) is 4.53. The first-order chi connectivity index (χ1) is 14.8. The SMILES string of the molecule is O=C(C=Cc1ccccc1)c1ccccc1.c1ccc2nc3ccccc3nc2c1. The highest BCUT2D eigenvalue weighted by Crippen LogP contribution is 2.14.